The van der Waals surface area contributed by atoms with E-state index in [-0.39, 0.29) is 17.9 Å². The summed E-state index contributed by atoms with van der Waals surface area (Å²) in [5.74, 6) is -0.132. The molecule has 0 saturated carbocycles. The van der Waals surface area contributed by atoms with Crippen molar-refractivity contribution < 1.29 is 9.53 Å². The molecule has 0 aliphatic heterocycles. The van der Waals surface area contributed by atoms with Crippen LogP contribution in [-0.2, 0) is 4.74 Å². The van der Waals surface area contributed by atoms with Crippen LogP contribution in [0.1, 0.15) is 17.3 Å². The van der Waals surface area contributed by atoms with Gasteiger partial charge >= 0.3 is 5.97 Å². The van der Waals surface area contributed by atoms with E-state index in [0.29, 0.717) is 16.5 Å². The lowest BCUT2D eigenvalue weighted by atomic mass is 10.2. The number of carbonyl (C=O) groups excluding carboxylic acids is 1. The number of pyridine rings is 1. The predicted molar refractivity (Wildman–Crippen MR) is 87.0 cm³/mol. The average Bonchev–Trinajstić information content (AvgIpc) is 2.44. The molecule has 0 fully saturated rings. The minimum atomic E-state index is -0.484. The van der Waals surface area contributed by atoms with Crippen LogP contribution in [0.15, 0.2) is 34.9 Å². The van der Waals surface area contributed by atoms with Gasteiger partial charge in [-0.25, -0.2) is 9.78 Å². The minimum absolute atomic E-state index is 0.218. The number of anilines is 3. The van der Waals surface area contributed by atoms with Crippen molar-refractivity contribution in [1.29, 1.82) is 0 Å². The van der Waals surface area contributed by atoms with E-state index in [9.17, 15) is 4.79 Å². The Kier molecular flexibility index (Phi) is 5.03. The molecule has 0 saturated heterocycles. The van der Waals surface area contributed by atoms with Crippen molar-refractivity contribution in [2.45, 2.75) is 6.92 Å². The maximum atomic E-state index is 11.8. The highest BCUT2D eigenvalue weighted by Gasteiger charge is 2.15. The van der Waals surface area contributed by atoms with Crippen LogP contribution in [-0.4, -0.2) is 17.6 Å². The molecule has 0 radical (unpaired) electrons. The number of nitrogens with two attached hydrogens (primary N) is 1. The van der Waals surface area contributed by atoms with E-state index in [0.717, 1.165) is 4.47 Å². The van der Waals surface area contributed by atoms with Gasteiger partial charge in [0.25, 0.3) is 0 Å². The van der Waals surface area contributed by atoms with E-state index in [2.05, 4.69) is 26.2 Å². The Morgan fingerprint density at radius 3 is 2.90 bits per heavy atom. The van der Waals surface area contributed by atoms with Gasteiger partial charge in [-0.15, -0.1) is 0 Å². The van der Waals surface area contributed by atoms with Crippen LogP contribution in [0.3, 0.4) is 0 Å². The van der Waals surface area contributed by atoms with E-state index < -0.39 is 5.97 Å². The number of nitrogens with zero attached hydrogens (tertiary/aromatic N) is 1. The predicted octanol–water partition coefficient (Wildman–Crippen LogP) is 4.00. The third kappa shape index (κ3) is 3.65. The highest BCUT2D eigenvalue weighted by molar-refractivity contribution is 9.10. The molecule has 0 aliphatic carbocycles. The van der Waals surface area contributed by atoms with Gasteiger partial charge in [-0.2, -0.15) is 0 Å². The molecule has 1 aromatic heterocycles. The van der Waals surface area contributed by atoms with Crippen molar-refractivity contribution in [2.24, 2.45) is 0 Å². The van der Waals surface area contributed by atoms with Crippen LogP contribution in [0.5, 0.6) is 0 Å². The molecule has 0 amide bonds. The van der Waals surface area contributed by atoms with Crippen LogP contribution in [0.25, 0.3) is 0 Å². The number of carbonyl (C=O) groups is 1. The number of rotatable bonds is 4. The number of hydrogen-bond donors (Lipinski definition) is 2. The first kappa shape index (κ1) is 15.6. The number of hydrogen-bond acceptors (Lipinski definition) is 5. The molecule has 3 N–H and O–H groups in total. The van der Waals surface area contributed by atoms with Gasteiger partial charge in [0.1, 0.15) is 0 Å². The quantitative estimate of drug-likeness (QED) is 0.795. The Bertz CT molecular complexity index is 679. The number of ether oxygens (including phenoxy) is 1. The van der Waals surface area contributed by atoms with Gasteiger partial charge in [-0.3, -0.25) is 0 Å². The summed E-state index contributed by atoms with van der Waals surface area (Å²) >= 11 is 9.46. The Morgan fingerprint density at radius 1 is 1.48 bits per heavy atom. The van der Waals surface area contributed by atoms with Gasteiger partial charge in [0.2, 0.25) is 0 Å². The van der Waals surface area contributed by atoms with E-state index in [1.165, 1.54) is 12.3 Å². The lowest BCUT2D eigenvalue weighted by Gasteiger charge is -2.12. The number of nitrogens with one attached hydrogen (secondary N) is 1. The summed E-state index contributed by atoms with van der Waals surface area (Å²) in [6.45, 7) is 2.01. The molecule has 2 rings (SSSR count). The summed E-state index contributed by atoms with van der Waals surface area (Å²) in [6.07, 6.45) is 1.48. The zero-order valence-corrected chi connectivity index (χ0v) is 13.5. The zero-order valence-electron chi connectivity index (χ0n) is 11.2. The number of benzene rings is 1. The fraction of sp³-hybridized carbons (Fsp3) is 0.143. The van der Waals surface area contributed by atoms with Gasteiger partial charge in [0.15, 0.2) is 5.82 Å². The molecule has 0 atom stereocenters. The van der Waals surface area contributed by atoms with Crippen molar-refractivity contribution in [2.75, 3.05) is 17.7 Å². The summed E-state index contributed by atoms with van der Waals surface area (Å²) in [5.41, 5.74) is 7.09. The molecular formula is C14H13BrClN3O2. The van der Waals surface area contributed by atoms with Gasteiger partial charge < -0.3 is 15.8 Å². The molecule has 0 spiro atoms. The minimum Gasteiger partial charge on any atom is -0.462 e. The van der Waals surface area contributed by atoms with Crippen molar-refractivity contribution >= 4 is 50.7 Å². The van der Waals surface area contributed by atoms with E-state index in [1.807, 2.05) is 6.07 Å². The van der Waals surface area contributed by atoms with Crippen molar-refractivity contribution in [1.82, 2.24) is 4.98 Å². The molecule has 7 heteroatoms. The van der Waals surface area contributed by atoms with E-state index in [4.69, 9.17) is 22.1 Å². The standard InChI is InChI=1S/C14H13BrClN3O2/c1-2-21-14(20)9-5-6-18-13(12(9)17)19-11-4-3-8(15)7-10(11)16/h3-7H,2,17H2,1H3,(H,18,19). The van der Waals surface area contributed by atoms with Crippen LogP contribution >= 0.6 is 27.5 Å². The fourth-order valence-corrected chi connectivity index (χ4v) is 2.40. The second-order valence-electron chi connectivity index (χ2n) is 4.09. The van der Waals surface area contributed by atoms with E-state index >= 15 is 0 Å². The van der Waals surface area contributed by atoms with Gasteiger partial charge in [-0.1, -0.05) is 27.5 Å². The van der Waals surface area contributed by atoms with Gasteiger partial charge in [-0.05, 0) is 31.2 Å². The summed E-state index contributed by atoms with van der Waals surface area (Å²) in [5, 5.41) is 3.51. The van der Waals surface area contributed by atoms with Gasteiger partial charge in [0, 0.05) is 10.7 Å². The second-order valence-corrected chi connectivity index (χ2v) is 5.41. The zero-order chi connectivity index (χ0) is 15.4. The normalized spacial score (nSPS) is 10.2. The summed E-state index contributed by atoms with van der Waals surface area (Å²) in [4.78, 5) is 15.9. The second kappa shape index (κ2) is 6.78. The molecule has 0 unspecified atom stereocenters. The monoisotopic (exact) mass is 369 g/mol. The molecule has 0 aliphatic rings. The molecule has 21 heavy (non-hydrogen) atoms. The number of nitrogen functional groups attached to an aromatic ring is 1. The number of aromatic nitrogens is 1. The van der Waals surface area contributed by atoms with Crippen LogP contribution in [0.2, 0.25) is 5.02 Å². The highest BCUT2D eigenvalue weighted by atomic mass is 79.9. The third-order valence-corrected chi connectivity index (χ3v) is 3.48. The largest absolute Gasteiger partial charge is 0.462 e. The number of esters is 1. The number of halogens is 2. The average molecular weight is 371 g/mol. The summed E-state index contributed by atoms with van der Waals surface area (Å²) in [7, 11) is 0. The third-order valence-electron chi connectivity index (χ3n) is 2.67. The van der Waals surface area contributed by atoms with Crippen LogP contribution in [0, 0.1) is 0 Å². The molecule has 2 aromatic rings. The molecule has 110 valence electrons. The lowest BCUT2D eigenvalue weighted by molar-refractivity contribution is 0.0527. The summed E-state index contributed by atoms with van der Waals surface area (Å²) < 4.78 is 5.81. The van der Waals surface area contributed by atoms with Crippen LogP contribution in [0.4, 0.5) is 17.2 Å². The fourth-order valence-electron chi connectivity index (χ4n) is 1.68. The summed E-state index contributed by atoms with van der Waals surface area (Å²) in [6, 6.07) is 6.88. The Hall–Kier alpha value is -1.79. The topological polar surface area (TPSA) is 77.2 Å². The highest BCUT2D eigenvalue weighted by Crippen LogP contribution is 2.30. The van der Waals surface area contributed by atoms with E-state index in [1.54, 1.807) is 19.1 Å². The molecule has 1 heterocycles. The maximum absolute atomic E-state index is 11.8. The Labute approximate surface area is 135 Å². The first-order valence-electron chi connectivity index (χ1n) is 6.16. The van der Waals surface area contributed by atoms with Crippen LogP contribution < -0.4 is 11.1 Å². The lowest BCUT2D eigenvalue weighted by Crippen LogP contribution is -2.10. The Balaban J connectivity index is 2.32. The molecule has 0 bridgehead atoms. The maximum Gasteiger partial charge on any atom is 0.340 e. The van der Waals surface area contributed by atoms with Crippen molar-refractivity contribution in [3.8, 4) is 0 Å². The SMILES string of the molecule is CCOC(=O)c1ccnc(Nc2ccc(Br)cc2Cl)c1N. The first-order valence-corrected chi connectivity index (χ1v) is 7.33. The molecular weight excluding hydrogens is 358 g/mol. The first-order chi connectivity index (χ1) is 10.0. The van der Waals surface area contributed by atoms with Gasteiger partial charge in [0.05, 0.1) is 28.6 Å². The smallest absolute Gasteiger partial charge is 0.340 e. The Morgan fingerprint density at radius 2 is 2.24 bits per heavy atom. The van der Waals surface area contributed by atoms with Crippen molar-refractivity contribution in [3.63, 3.8) is 0 Å². The molecule has 5 nitrogen and oxygen atoms in total. The molecule has 1 aromatic carbocycles. The van der Waals surface area contributed by atoms with Crippen molar-refractivity contribution in [3.05, 3.63) is 45.5 Å².